The third-order valence-electron chi connectivity index (χ3n) is 6.14. The molecule has 1 aromatic carbocycles. The molecule has 0 saturated carbocycles. The summed E-state index contributed by atoms with van der Waals surface area (Å²) >= 11 is 3.14. The Labute approximate surface area is 221 Å². The van der Waals surface area contributed by atoms with Gasteiger partial charge in [0.05, 0.1) is 11.4 Å². The van der Waals surface area contributed by atoms with Crippen LogP contribution < -0.4 is 15.5 Å². The molecule has 0 unspecified atom stereocenters. The van der Waals surface area contributed by atoms with Crippen molar-refractivity contribution in [2.75, 3.05) is 43.4 Å². The van der Waals surface area contributed by atoms with Crippen LogP contribution in [0.15, 0.2) is 34.7 Å². The third kappa shape index (κ3) is 6.17. The maximum absolute atomic E-state index is 10.2. The first-order chi connectivity index (χ1) is 17.6. The fraction of sp³-hybridized carbons (Fsp3) is 0.407. The highest BCUT2D eigenvalue weighted by Gasteiger charge is 2.26. The molecule has 186 valence electrons. The van der Waals surface area contributed by atoms with Crippen LogP contribution in [0.3, 0.4) is 0 Å². The number of benzene rings is 1. The summed E-state index contributed by atoms with van der Waals surface area (Å²) in [6, 6.07) is 13.1. The minimum Gasteiger partial charge on any atom is -0.369 e. The number of anilines is 2. The summed E-state index contributed by atoms with van der Waals surface area (Å²) in [6.45, 7) is 5.35. The van der Waals surface area contributed by atoms with E-state index in [1.54, 1.807) is 11.3 Å². The number of aryl methyl sites for hydroxylation is 1. The zero-order valence-corrected chi connectivity index (χ0v) is 22.4. The maximum atomic E-state index is 10.2. The van der Waals surface area contributed by atoms with Crippen molar-refractivity contribution in [3.63, 3.8) is 0 Å². The zero-order valence-electron chi connectivity index (χ0n) is 20.8. The van der Waals surface area contributed by atoms with Crippen LogP contribution in [-0.4, -0.2) is 43.2 Å². The second-order valence-electron chi connectivity index (χ2n) is 8.82. The van der Waals surface area contributed by atoms with Crippen LogP contribution in [0, 0.1) is 29.6 Å². The highest BCUT2D eigenvalue weighted by Crippen LogP contribution is 2.38. The van der Waals surface area contributed by atoms with Gasteiger partial charge in [0.25, 0.3) is 0 Å². The molecular formula is C27H31N7S2. The summed E-state index contributed by atoms with van der Waals surface area (Å²) < 4.78 is 0. The van der Waals surface area contributed by atoms with Gasteiger partial charge in [-0.1, -0.05) is 41.6 Å². The van der Waals surface area contributed by atoms with Gasteiger partial charge >= 0.3 is 0 Å². The summed E-state index contributed by atoms with van der Waals surface area (Å²) in [5, 5.41) is 30.5. The molecule has 0 atom stereocenters. The molecule has 0 radical (unpaired) electrons. The van der Waals surface area contributed by atoms with Crippen LogP contribution in [0.4, 0.5) is 11.5 Å². The topological polar surface area (TPSA) is 101 Å². The molecule has 4 rings (SSSR count). The highest BCUT2D eigenvalue weighted by atomic mass is 32.2. The van der Waals surface area contributed by atoms with E-state index in [0.29, 0.717) is 34.3 Å². The number of nitriles is 2. The molecule has 36 heavy (non-hydrogen) atoms. The third-order valence-corrected chi connectivity index (χ3v) is 8.09. The van der Waals surface area contributed by atoms with Gasteiger partial charge in [-0.25, -0.2) is 9.97 Å². The molecular weight excluding hydrogens is 486 g/mol. The summed E-state index contributed by atoms with van der Waals surface area (Å²) in [6.07, 6.45) is 4.21. The fourth-order valence-corrected chi connectivity index (χ4v) is 6.05. The molecule has 3 aromatic rings. The predicted octanol–water partition coefficient (Wildman–Crippen LogP) is 5.56. The highest BCUT2D eigenvalue weighted by molar-refractivity contribution is 7.98. The number of aromatic nitrogens is 2. The zero-order chi connectivity index (χ0) is 25.3. The number of thioether (sulfide) groups is 1. The largest absolute Gasteiger partial charge is 0.369 e. The molecule has 1 saturated heterocycles. The van der Waals surface area contributed by atoms with Crippen molar-refractivity contribution < 1.29 is 0 Å². The van der Waals surface area contributed by atoms with Crippen molar-refractivity contribution in [2.24, 2.45) is 0 Å². The van der Waals surface area contributed by atoms with E-state index in [-0.39, 0.29) is 0 Å². The van der Waals surface area contributed by atoms with Crippen molar-refractivity contribution in [2.45, 2.75) is 43.4 Å². The van der Waals surface area contributed by atoms with Crippen molar-refractivity contribution in [3.8, 4) is 22.7 Å². The minimum absolute atomic E-state index is 0.470. The first kappa shape index (κ1) is 26.0. The molecule has 2 N–H and O–H groups in total. The van der Waals surface area contributed by atoms with Crippen molar-refractivity contribution >= 4 is 34.6 Å². The van der Waals surface area contributed by atoms with E-state index >= 15 is 0 Å². The first-order valence-corrected chi connectivity index (χ1v) is 14.2. The number of nitrogens with zero attached hydrogens (tertiary/aromatic N) is 5. The lowest BCUT2D eigenvalue weighted by Gasteiger charge is -2.31. The smallest absolute Gasteiger partial charge is 0.147 e. The Morgan fingerprint density at radius 2 is 1.78 bits per heavy atom. The number of hydrogen-bond donors (Lipinski definition) is 2. The van der Waals surface area contributed by atoms with E-state index in [4.69, 9.17) is 9.97 Å². The lowest BCUT2D eigenvalue weighted by molar-refractivity contribution is 0.576. The van der Waals surface area contributed by atoms with Crippen molar-refractivity contribution in [1.29, 1.82) is 10.5 Å². The summed E-state index contributed by atoms with van der Waals surface area (Å²) in [4.78, 5) is 11.8. The Morgan fingerprint density at radius 1 is 1.03 bits per heavy atom. The van der Waals surface area contributed by atoms with Gasteiger partial charge < -0.3 is 15.5 Å². The van der Waals surface area contributed by atoms with Crippen LogP contribution >= 0.6 is 23.1 Å². The van der Waals surface area contributed by atoms with Gasteiger partial charge in [-0.3, -0.25) is 0 Å². The van der Waals surface area contributed by atoms with Crippen molar-refractivity contribution in [1.82, 2.24) is 15.3 Å². The monoisotopic (exact) mass is 517 g/mol. The average molecular weight is 518 g/mol. The lowest BCUT2D eigenvalue weighted by atomic mass is 10.1. The molecule has 3 heterocycles. The van der Waals surface area contributed by atoms with Gasteiger partial charge in [-0.15, -0.1) is 11.3 Å². The minimum atomic E-state index is 0.470. The van der Waals surface area contributed by atoms with E-state index < -0.39 is 0 Å². The Balaban J connectivity index is 1.63. The molecule has 1 aliphatic rings. The van der Waals surface area contributed by atoms with Crippen LogP contribution in [0.1, 0.15) is 48.1 Å². The van der Waals surface area contributed by atoms with Gasteiger partial charge in [0.1, 0.15) is 39.1 Å². The van der Waals surface area contributed by atoms with Crippen LogP contribution in [0.2, 0.25) is 0 Å². The maximum Gasteiger partial charge on any atom is 0.147 e. The van der Waals surface area contributed by atoms with E-state index in [0.717, 1.165) is 60.8 Å². The number of piperidine rings is 1. The number of nitrogens with one attached hydrogen (secondary N) is 2. The first-order valence-electron chi connectivity index (χ1n) is 12.3. The number of rotatable bonds is 10. The van der Waals surface area contributed by atoms with E-state index in [9.17, 15) is 10.5 Å². The van der Waals surface area contributed by atoms with Crippen LogP contribution in [-0.2, 0) is 5.75 Å². The SMILES string of the molecule is CNCCCNc1nc(SCc2csc(-c3ccc(C)cc3)n2)c(C#N)c(N2CCCCC2)c1C#N. The molecule has 1 aliphatic heterocycles. The lowest BCUT2D eigenvalue weighted by Crippen LogP contribution is -2.31. The molecule has 0 aliphatic carbocycles. The molecule has 1 fully saturated rings. The molecule has 7 nitrogen and oxygen atoms in total. The Morgan fingerprint density at radius 3 is 2.47 bits per heavy atom. The summed E-state index contributed by atoms with van der Waals surface area (Å²) in [7, 11) is 1.92. The van der Waals surface area contributed by atoms with E-state index in [2.05, 4.69) is 64.2 Å². The second-order valence-corrected chi connectivity index (χ2v) is 10.6. The standard InChI is InChI=1S/C27H31N7S2/c1-19-7-9-20(10-8-19)26-32-21(17-35-26)18-36-27-23(16-29)24(34-13-4-3-5-14-34)22(15-28)25(33-27)31-12-6-11-30-2/h7-10,17,30H,3-6,11-14,18H2,1-2H3,(H,31,33). The van der Waals surface area contributed by atoms with Crippen LogP contribution in [0.5, 0.6) is 0 Å². The Bertz CT molecular complexity index is 1250. The summed E-state index contributed by atoms with van der Waals surface area (Å²) in [5.41, 5.74) is 4.98. The molecule has 0 spiro atoms. The van der Waals surface area contributed by atoms with E-state index in [1.165, 1.54) is 23.7 Å². The van der Waals surface area contributed by atoms with Gasteiger partial charge in [0.2, 0.25) is 0 Å². The van der Waals surface area contributed by atoms with Gasteiger partial charge in [-0.2, -0.15) is 10.5 Å². The summed E-state index contributed by atoms with van der Waals surface area (Å²) in [5.74, 6) is 1.17. The molecule has 0 amide bonds. The quantitative estimate of drug-likeness (QED) is 0.266. The fourth-order valence-electron chi connectivity index (χ4n) is 4.24. The second kappa shape index (κ2) is 12.7. The average Bonchev–Trinajstić information content (AvgIpc) is 3.39. The van der Waals surface area contributed by atoms with Gasteiger partial charge in [0.15, 0.2) is 0 Å². The van der Waals surface area contributed by atoms with Gasteiger partial charge in [0, 0.05) is 36.3 Å². The van der Waals surface area contributed by atoms with E-state index in [1.807, 2.05) is 7.05 Å². The number of hydrogen-bond acceptors (Lipinski definition) is 9. The number of pyridine rings is 1. The number of thiazole rings is 1. The molecule has 2 aromatic heterocycles. The van der Waals surface area contributed by atoms with Gasteiger partial charge in [-0.05, 0) is 46.2 Å². The Kier molecular flexibility index (Phi) is 9.18. The Hall–Kier alpha value is -3.11. The van der Waals surface area contributed by atoms with Crippen LogP contribution in [0.25, 0.3) is 10.6 Å². The predicted molar refractivity (Wildman–Crippen MR) is 149 cm³/mol. The van der Waals surface area contributed by atoms with Crippen molar-refractivity contribution in [3.05, 3.63) is 52.0 Å². The normalized spacial score (nSPS) is 13.3. The molecule has 0 bridgehead atoms. The molecule has 9 heteroatoms.